The molecule has 0 aromatic heterocycles. The summed E-state index contributed by atoms with van der Waals surface area (Å²) in [6, 6.07) is 8.81. The molecule has 1 aliphatic carbocycles. The molecule has 2 atom stereocenters. The summed E-state index contributed by atoms with van der Waals surface area (Å²) in [7, 11) is 0. The maximum absolute atomic E-state index is 11.9. The summed E-state index contributed by atoms with van der Waals surface area (Å²) in [6.07, 6.45) is 3.97. The van der Waals surface area contributed by atoms with Crippen LogP contribution in [0.3, 0.4) is 0 Å². The van der Waals surface area contributed by atoms with Crippen LogP contribution in [0.2, 0.25) is 0 Å². The maximum atomic E-state index is 11.9. The molecular formula is C16H23N3O. The lowest BCUT2D eigenvalue weighted by atomic mass is 10.1. The van der Waals surface area contributed by atoms with E-state index in [9.17, 15) is 4.79 Å². The van der Waals surface area contributed by atoms with Crippen molar-refractivity contribution in [2.75, 3.05) is 16.8 Å². The van der Waals surface area contributed by atoms with E-state index in [2.05, 4.69) is 21.6 Å². The normalized spacial score (nSPS) is 24.2. The number of nitrogens with one attached hydrogen (secondary N) is 2. The van der Waals surface area contributed by atoms with E-state index in [1.54, 1.807) is 0 Å². The molecule has 2 bridgehead atoms. The number of carbonyl (C=O) groups is 1. The van der Waals surface area contributed by atoms with E-state index < -0.39 is 0 Å². The summed E-state index contributed by atoms with van der Waals surface area (Å²) in [5.41, 5.74) is 2.08. The van der Waals surface area contributed by atoms with E-state index in [-0.39, 0.29) is 12.1 Å². The number of amides is 2. The fourth-order valence-corrected chi connectivity index (χ4v) is 3.47. The SMILES string of the molecule is CC(C)NC(=O)Nc1ccccc1N1CC2CCC1C2. The second-order valence-electron chi connectivity index (χ2n) is 6.26. The van der Waals surface area contributed by atoms with Gasteiger partial charge in [0.25, 0.3) is 0 Å². The minimum atomic E-state index is -0.128. The molecule has 20 heavy (non-hydrogen) atoms. The summed E-state index contributed by atoms with van der Waals surface area (Å²) in [5.74, 6) is 0.845. The van der Waals surface area contributed by atoms with Gasteiger partial charge >= 0.3 is 6.03 Å². The van der Waals surface area contributed by atoms with Crippen molar-refractivity contribution in [1.82, 2.24) is 5.32 Å². The molecule has 0 radical (unpaired) electrons. The Hall–Kier alpha value is -1.71. The molecule has 1 saturated carbocycles. The van der Waals surface area contributed by atoms with E-state index in [0.717, 1.165) is 18.2 Å². The van der Waals surface area contributed by atoms with E-state index >= 15 is 0 Å². The number of para-hydroxylation sites is 2. The first-order valence-corrected chi connectivity index (χ1v) is 7.56. The highest BCUT2D eigenvalue weighted by Gasteiger charge is 2.38. The van der Waals surface area contributed by atoms with Crippen LogP contribution >= 0.6 is 0 Å². The van der Waals surface area contributed by atoms with E-state index in [0.29, 0.717) is 6.04 Å². The number of rotatable bonds is 3. The maximum Gasteiger partial charge on any atom is 0.319 e. The first-order chi connectivity index (χ1) is 9.63. The van der Waals surface area contributed by atoms with Crippen LogP contribution in [0, 0.1) is 5.92 Å². The highest BCUT2D eigenvalue weighted by Crippen LogP contribution is 2.42. The molecule has 1 aliphatic heterocycles. The third kappa shape index (κ3) is 2.60. The molecule has 1 heterocycles. The van der Waals surface area contributed by atoms with Crippen molar-refractivity contribution in [3.05, 3.63) is 24.3 Å². The van der Waals surface area contributed by atoms with Crippen molar-refractivity contribution < 1.29 is 4.79 Å². The summed E-state index contributed by atoms with van der Waals surface area (Å²) >= 11 is 0. The molecule has 3 rings (SSSR count). The predicted octanol–water partition coefficient (Wildman–Crippen LogP) is 3.21. The van der Waals surface area contributed by atoms with Crippen LogP contribution in [0.15, 0.2) is 24.3 Å². The van der Waals surface area contributed by atoms with E-state index in [1.165, 1.54) is 24.9 Å². The highest BCUT2D eigenvalue weighted by molar-refractivity contribution is 5.93. The molecule has 2 fully saturated rings. The monoisotopic (exact) mass is 273 g/mol. The molecule has 108 valence electrons. The van der Waals surface area contributed by atoms with Crippen LogP contribution in [-0.2, 0) is 0 Å². The van der Waals surface area contributed by atoms with Crippen molar-refractivity contribution in [2.45, 2.75) is 45.2 Å². The van der Waals surface area contributed by atoms with Gasteiger partial charge in [-0.05, 0) is 51.2 Å². The molecule has 2 amide bonds. The van der Waals surface area contributed by atoms with Crippen LogP contribution < -0.4 is 15.5 Å². The number of benzene rings is 1. The largest absolute Gasteiger partial charge is 0.367 e. The number of hydrogen-bond acceptors (Lipinski definition) is 2. The van der Waals surface area contributed by atoms with Gasteiger partial charge in [-0.3, -0.25) is 0 Å². The first-order valence-electron chi connectivity index (χ1n) is 7.56. The highest BCUT2D eigenvalue weighted by atomic mass is 16.2. The summed E-state index contributed by atoms with van der Waals surface area (Å²) in [5, 5.41) is 5.86. The Morgan fingerprint density at radius 3 is 2.75 bits per heavy atom. The number of urea groups is 1. The number of hydrogen-bond donors (Lipinski definition) is 2. The van der Waals surface area contributed by atoms with Gasteiger partial charge < -0.3 is 15.5 Å². The molecule has 2 unspecified atom stereocenters. The van der Waals surface area contributed by atoms with Crippen molar-refractivity contribution in [3.63, 3.8) is 0 Å². The Morgan fingerprint density at radius 1 is 1.30 bits per heavy atom. The molecule has 1 aromatic carbocycles. The zero-order chi connectivity index (χ0) is 14.1. The zero-order valence-electron chi connectivity index (χ0n) is 12.2. The Morgan fingerprint density at radius 2 is 2.10 bits per heavy atom. The lowest BCUT2D eigenvalue weighted by Crippen LogP contribution is -2.36. The Bertz CT molecular complexity index is 500. The van der Waals surface area contributed by atoms with Crippen molar-refractivity contribution in [3.8, 4) is 0 Å². The van der Waals surface area contributed by atoms with Gasteiger partial charge in [0.15, 0.2) is 0 Å². The van der Waals surface area contributed by atoms with Crippen molar-refractivity contribution in [2.24, 2.45) is 5.92 Å². The topological polar surface area (TPSA) is 44.4 Å². The molecule has 1 aromatic rings. The van der Waals surface area contributed by atoms with Gasteiger partial charge in [0.2, 0.25) is 0 Å². The minimum Gasteiger partial charge on any atom is -0.367 e. The van der Waals surface area contributed by atoms with Gasteiger partial charge in [0, 0.05) is 18.6 Å². The summed E-state index contributed by atoms with van der Waals surface area (Å²) < 4.78 is 0. The van der Waals surface area contributed by atoms with Crippen LogP contribution in [-0.4, -0.2) is 24.7 Å². The Balaban J connectivity index is 1.76. The van der Waals surface area contributed by atoms with Gasteiger partial charge in [-0.15, -0.1) is 0 Å². The lowest BCUT2D eigenvalue weighted by Gasteiger charge is -2.31. The number of carbonyl (C=O) groups excluding carboxylic acids is 1. The molecule has 1 saturated heterocycles. The third-order valence-electron chi connectivity index (χ3n) is 4.29. The number of nitrogens with zero attached hydrogens (tertiary/aromatic N) is 1. The number of piperidine rings is 1. The lowest BCUT2D eigenvalue weighted by molar-refractivity contribution is 0.250. The van der Waals surface area contributed by atoms with Gasteiger partial charge in [-0.2, -0.15) is 0 Å². The third-order valence-corrected chi connectivity index (χ3v) is 4.29. The minimum absolute atomic E-state index is 0.128. The average Bonchev–Trinajstić information content (AvgIpc) is 3.00. The second kappa shape index (κ2) is 5.35. The zero-order valence-corrected chi connectivity index (χ0v) is 12.2. The fourth-order valence-electron chi connectivity index (χ4n) is 3.47. The quantitative estimate of drug-likeness (QED) is 0.888. The number of anilines is 2. The van der Waals surface area contributed by atoms with Gasteiger partial charge in [0.05, 0.1) is 11.4 Å². The van der Waals surface area contributed by atoms with Crippen LogP contribution in [0.25, 0.3) is 0 Å². The van der Waals surface area contributed by atoms with Crippen molar-refractivity contribution in [1.29, 1.82) is 0 Å². The van der Waals surface area contributed by atoms with Crippen LogP contribution in [0.4, 0.5) is 16.2 Å². The van der Waals surface area contributed by atoms with E-state index in [1.807, 2.05) is 32.0 Å². The van der Waals surface area contributed by atoms with Gasteiger partial charge in [-0.25, -0.2) is 4.79 Å². The standard InChI is InChI=1S/C16H23N3O/c1-11(2)17-16(20)18-14-5-3-4-6-15(14)19-10-12-7-8-13(19)9-12/h3-6,11-13H,7-10H2,1-2H3,(H2,17,18,20). The Labute approximate surface area is 120 Å². The fraction of sp³-hybridized carbons (Fsp3) is 0.562. The molecule has 4 heteroatoms. The summed E-state index contributed by atoms with van der Waals surface area (Å²) in [4.78, 5) is 14.4. The molecule has 4 nitrogen and oxygen atoms in total. The molecule has 2 N–H and O–H groups in total. The van der Waals surface area contributed by atoms with Crippen molar-refractivity contribution >= 4 is 17.4 Å². The smallest absolute Gasteiger partial charge is 0.319 e. The molecule has 2 aliphatic rings. The number of fused-ring (bicyclic) bond motifs is 2. The van der Waals surface area contributed by atoms with Gasteiger partial charge in [0.1, 0.15) is 0 Å². The van der Waals surface area contributed by atoms with Gasteiger partial charge in [-0.1, -0.05) is 12.1 Å². The van der Waals surface area contributed by atoms with Crippen LogP contribution in [0.5, 0.6) is 0 Å². The average molecular weight is 273 g/mol. The predicted molar refractivity (Wildman–Crippen MR) is 82.2 cm³/mol. The first kappa shape index (κ1) is 13.3. The molecule has 0 spiro atoms. The van der Waals surface area contributed by atoms with Crippen LogP contribution in [0.1, 0.15) is 33.1 Å². The van der Waals surface area contributed by atoms with E-state index in [4.69, 9.17) is 0 Å². The molecular weight excluding hydrogens is 250 g/mol. The second-order valence-corrected chi connectivity index (χ2v) is 6.26. The Kier molecular flexibility index (Phi) is 3.55. The summed E-state index contributed by atoms with van der Waals surface area (Å²) in [6.45, 7) is 5.06.